The highest BCUT2D eigenvalue weighted by Crippen LogP contribution is 2.24. The van der Waals surface area contributed by atoms with Crippen LogP contribution >= 0.6 is 11.3 Å². The predicted molar refractivity (Wildman–Crippen MR) is 88.3 cm³/mol. The van der Waals surface area contributed by atoms with Crippen LogP contribution in [-0.4, -0.2) is 71.9 Å². The Bertz CT molecular complexity index is 879. The van der Waals surface area contributed by atoms with Crippen LogP contribution in [0.2, 0.25) is 0 Å². The topological polar surface area (TPSA) is 193 Å². The maximum Gasteiger partial charge on any atom is 0.363 e. The molecule has 2 heterocycles. The summed E-state index contributed by atoms with van der Waals surface area (Å²) in [6.07, 6.45) is 0. The summed E-state index contributed by atoms with van der Waals surface area (Å²) < 4.78 is 31.5. The lowest BCUT2D eigenvalue weighted by Gasteiger charge is -2.42. The summed E-state index contributed by atoms with van der Waals surface area (Å²) in [4.78, 5) is 44.6. The first-order valence-corrected chi connectivity index (χ1v) is 9.05. The molecule has 0 bridgehead atoms. The molecule has 1 saturated heterocycles. The van der Waals surface area contributed by atoms with E-state index in [1.54, 1.807) is 0 Å². The second-order valence-corrected chi connectivity index (χ2v) is 6.99. The Kier molecular flexibility index (Phi) is 5.43. The van der Waals surface area contributed by atoms with Crippen molar-refractivity contribution in [2.45, 2.75) is 12.1 Å². The van der Waals surface area contributed by atoms with Crippen LogP contribution < -0.4 is 16.4 Å². The number of likely N-dealkylation sites (N-methyl/N-ethyl adjacent to an activating group) is 1. The van der Waals surface area contributed by atoms with E-state index in [0.717, 1.165) is 11.3 Å². The third-order valence-corrected chi connectivity index (χ3v) is 4.84. The molecule has 0 aromatic carbocycles. The van der Waals surface area contributed by atoms with E-state index in [9.17, 15) is 22.8 Å². The number of amides is 3. The maximum absolute atomic E-state index is 12.4. The van der Waals surface area contributed by atoms with Crippen LogP contribution in [0.3, 0.4) is 0 Å². The van der Waals surface area contributed by atoms with Gasteiger partial charge in [0.2, 0.25) is 5.91 Å². The SMILES string of the molecule is CNC(=O)[C@H]1[C@@H](NC(=O)C(=NOC)c2csc(N)n2)C(=O)N1S(=O)(=O)O. The zero-order valence-corrected chi connectivity index (χ0v) is 15.0. The number of carbonyl (C=O) groups excluding carboxylic acids is 3. The van der Waals surface area contributed by atoms with Crippen LogP contribution in [0.25, 0.3) is 0 Å². The van der Waals surface area contributed by atoms with Gasteiger partial charge >= 0.3 is 10.3 Å². The summed E-state index contributed by atoms with van der Waals surface area (Å²) in [5.74, 6) is -3.06. The summed E-state index contributed by atoms with van der Waals surface area (Å²) >= 11 is 1.03. The van der Waals surface area contributed by atoms with Crippen molar-refractivity contribution in [2.24, 2.45) is 5.16 Å². The molecule has 142 valence electrons. The van der Waals surface area contributed by atoms with E-state index < -0.39 is 40.1 Å². The number of nitrogens with one attached hydrogen (secondary N) is 2. The van der Waals surface area contributed by atoms with Crippen LogP contribution in [0.5, 0.6) is 0 Å². The molecule has 1 aromatic heterocycles. The summed E-state index contributed by atoms with van der Waals surface area (Å²) in [7, 11) is -2.61. The number of thiazole rings is 1. The summed E-state index contributed by atoms with van der Waals surface area (Å²) in [5, 5.41) is 9.38. The number of carbonyl (C=O) groups is 3. The fourth-order valence-corrected chi connectivity index (χ4v) is 3.56. The van der Waals surface area contributed by atoms with Gasteiger partial charge in [-0.2, -0.15) is 12.7 Å². The first-order chi connectivity index (χ1) is 12.1. The highest BCUT2D eigenvalue weighted by Gasteiger charge is 2.57. The van der Waals surface area contributed by atoms with E-state index in [-0.39, 0.29) is 20.8 Å². The van der Waals surface area contributed by atoms with E-state index in [0.29, 0.717) is 0 Å². The molecule has 1 fully saturated rings. The highest BCUT2D eigenvalue weighted by molar-refractivity contribution is 7.84. The summed E-state index contributed by atoms with van der Waals surface area (Å²) in [5.41, 5.74) is 5.21. The monoisotopic (exact) mass is 406 g/mol. The fraction of sp³-hybridized carbons (Fsp3) is 0.364. The van der Waals surface area contributed by atoms with E-state index in [4.69, 9.17) is 10.3 Å². The summed E-state index contributed by atoms with van der Waals surface area (Å²) in [6.45, 7) is 0. The highest BCUT2D eigenvalue weighted by atomic mass is 32.2. The van der Waals surface area contributed by atoms with Crippen molar-refractivity contribution in [3.63, 3.8) is 0 Å². The van der Waals surface area contributed by atoms with Gasteiger partial charge in [-0.1, -0.05) is 5.16 Å². The van der Waals surface area contributed by atoms with E-state index >= 15 is 0 Å². The number of nitrogens with two attached hydrogens (primary N) is 1. The molecule has 0 radical (unpaired) electrons. The van der Waals surface area contributed by atoms with Gasteiger partial charge in [-0.05, 0) is 0 Å². The molecule has 13 nitrogen and oxygen atoms in total. The molecule has 0 unspecified atom stereocenters. The van der Waals surface area contributed by atoms with Crippen LogP contribution in [0, 0.1) is 0 Å². The van der Waals surface area contributed by atoms with Gasteiger partial charge in [0.05, 0.1) is 0 Å². The number of nitrogens with zero attached hydrogens (tertiary/aromatic N) is 3. The van der Waals surface area contributed by atoms with Gasteiger partial charge in [0.1, 0.15) is 18.8 Å². The van der Waals surface area contributed by atoms with Gasteiger partial charge in [-0.15, -0.1) is 11.3 Å². The average Bonchev–Trinajstić information content (AvgIpc) is 2.98. The normalized spacial score (nSPS) is 20.3. The van der Waals surface area contributed by atoms with Crippen LogP contribution in [0.1, 0.15) is 5.69 Å². The molecular weight excluding hydrogens is 392 g/mol. The van der Waals surface area contributed by atoms with E-state index in [1.165, 1.54) is 19.5 Å². The first-order valence-electron chi connectivity index (χ1n) is 6.77. The van der Waals surface area contributed by atoms with Gasteiger partial charge in [-0.25, -0.2) is 4.98 Å². The molecule has 1 aliphatic rings. The van der Waals surface area contributed by atoms with Crippen molar-refractivity contribution < 1.29 is 32.2 Å². The van der Waals surface area contributed by atoms with E-state index in [2.05, 4.69) is 25.6 Å². The molecule has 5 N–H and O–H groups in total. The minimum Gasteiger partial charge on any atom is -0.398 e. The Balaban J connectivity index is 2.27. The van der Waals surface area contributed by atoms with E-state index in [1.807, 2.05) is 0 Å². The lowest BCUT2D eigenvalue weighted by Crippen LogP contribution is -2.75. The van der Waals surface area contributed by atoms with Crippen molar-refractivity contribution in [3.8, 4) is 0 Å². The van der Waals surface area contributed by atoms with Crippen molar-refractivity contribution in [3.05, 3.63) is 11.1 Å². The second-order valence-electron chi connectivity index (χ2n) is 4.82. The van der Waals surface area contributed by atoms with Crippen molar-refractivity contribution in [1.82, 2.24) is 19.9 Å². The minimum absolute atomic E-state index is 0.0370. The number of aromatic nitrogens is 1. The van der Waals surface area contributed by atoms with Crippen LogP contribution in [0.15, 0.2) is 10.5 Å². The zero-order chi connectivity index (χ0) is 19.6. The first kappa shape index (κ1) is 19.5. The third-order valence-electron chi connectivity index (χ3n) is 3.26. The number of β-lactam (4-membered cyclic amide) rings is 1. The number of hydrogen-bond donors (Lipinski definition) is 4. The second kappa shape index (κ2) is 7.22. The zero-order valence-electron chi connectivity index (χ0n) is 13.4. The Hall–Kier alpha value is -2.78. The van der Waals surface area contributed by atoms with Crippen LogP contribution in [-0.2, 0) is 29.5 Å². The molecule has 0 saturated carbocycles. The number of nitrogen functional groups attached to an aromatic ring is 1. The van der Waals surface area contributed by atoms with Gasteiger partial charge < -0.3 is 21.2 Å². The standard InChI is InChI=1S/C11H14N6O7S2/c1-13-9(19)7-6(10(20)17(7)26(21,22)23)15-8(18)5(16-24-2)4-3-25-11(12)14-4/h3,6-7H,1-2H3,(H2,12,14)(H,13,19)(H,15,18)(H,21,22,23)/t6-,7-/m1/s1. The fourth-order valence-electron chi connectivity index (χ4n) is 2.17. The van der Waals surface area contributed by atoms with Gasteiger partial charge in [0.15, 0.2) is 16.9 Å². The Morgan fingerprint density at radius 3 is 2.62 bits per heavy atom. The lowest BCUT2D eigenvalue weighted by atomic mass is 9.97. The number of hydrogen-bond acceptors (Lipinski definition) is 10. The molecule has 0 spiro atoms. The summed E-state index contributed by atoms with van der Waals surface area (Å²) in [6, 6.07) is -3.20. The van der Waals surface area contributed by atoms with Gasteiger partial charge in [0.25, 0.3) is 11.8 Å². The molecule has 3 amide bonds. The Morgan fingerprint density at radius 1 is 1.50 bits per heavy atom. The molecule has 1 aromatic rings. The predicted octanol–water partition coefficient (Wildman–Crippen LogP) is -2.68. The van der Waals surface area contributed by atoms with Crippen molar-refractivity contribution in [2.75, 3.05) is 19.9 Å². The van der Waals surface area contributed by atoms with Crippen molar-refractivity contribution in [1.29, 1.82) is 0 Å². The Morgan fingerprint density at radius 2 is 2.15 bits per heavy atom. The maximum atomic E-state index is 12.4. The Labute approximate surface area is 151 Å². The van der Waals surface area contributed by atoms with Gasteiger partial charge in [-0.3, -0.25) is 18.9 Å². The van der Waals surface area contributed by atoms with Crippen LogP contribution in [0.4, 0.5) is 5.13 Å². The number of anilines is 1. The van der Waals surface area contributed by atoms with Gasteiger partial charge in [0, 0.05) is 12.4 Å². The third kappa shape index (κ3) is 3.58. The molecule has 2 atom stereocenters. The average molecular weight is 406 g/mol. The quantitative estimate of drug-likeness (QED) is 0.168. The molecular formula is C11H14N6O7S2. The molecule has 26 heavy (non-hydrogen) atoms. The molecule has 2 rings (SSSR count). The number of oxime groups is 1. The molecule has 15 heteroatoms. The molecule has 1 aliphatic heterocycles. The number of rotatable bonds is 6. The van der Waals surface area contributed by atoms with Crippen molar-refractivity contribution >= 4 is 50.2 Å². The minimum atomic E-state index is -4.98. The smallest absolute Gasteiger partial charge is 0.363 e. The largest absolute Gasteiger partial charge is 0.398 e. The lowest BCUT2D eigenvalue weighted by molar-refractivity contribution is -0.151. The molecule has 0 aliphatic carbocycles.